The minimum absolute atomic E-state index is 1.08. The van der Waals surface area contributed by atoms with Gasteiger partial charge < -0.3 is 0 Å². The van der Waals surface area contributed by atoms with Crippen molar-refractivity contribution in [3.63, 3.8) is 0 Å². The van der Waals surface area contributed by atoms with Crippen molar-refractivity contribution in [1.82, 2.24) is 0 Å². The predicted octanol–water partition coefficient (Wildman–Crippen LogP) is 3.64. The molecule has 0 atom stereocenters. The smallest absolute Gasteiger partial charge is 0.0175 e. The fraction of sp³-hybridized carbons (Fsp3) is 0.100. The molecule has 0 heterocycles. The van der Waals surface area contributed by atoms with Crippen LogP contribution in [0.1, 0.15) is 12.5 Å². The molecule has 0 amide bonds. The molecular weight excluding hydrogens is 200 g/mol. The summed E-state index contributed by atoms with van der Waals surface area (Å²) in [6.45, 7) is 5.58. The van der Waals surface area contributed by atoms with Gasteiger partial charge in [0.1, 0.15) is 0 Å². The van der Waals surface area contributed by atoms with E-state index in [1.807, 2.05) is 31.2 Å². The van der Waals surface area contributed by atoms with Crippen LogP contribution in [0.5, 0.6) is 0 Å². The van der Waals surface area contributed by atoms with Crippen LogP contribution >= 0.6 is 15.9 Å². The maximum Gasteiger partial charge on any atom is 0.0175 e. The molecule has 11 heavy (non-hydrogen) atoms. The van der Waals surface area contributed by atoms with Crippen LogP contribution in [0.4, 0.5) is 0 Å². The zero-order valence-corrected chi connectivity index (χ0v) is 7.98. The second-order valence-electron chi connectivity index (χ2n) is 2.31. The van der Waals surface area contributed by atoms with Crippen LogP contribution in [-0.2, 0) is 0 Å². The standard InChI is InChI=1S/C10H9Br/c1-3-8(2)9-4-6-10(11)7-5-9/h4-7H,1H2,2H3. The van der Waals surface area contributed by atoms with Gasteiger partial charge in [0.05, 0.1) is 0 Å². The largest absolute Gasteiger partial charge is 0.125 e. The highest BCUT2D eigenvalue weighted by Crippen LogP contribution is 2.15. The summed E-state index contributed by atoms with van der Waals surface area (Å²) < 4.78 is 1.10. The van der Waals surface area contributed by atoms with Crippen molar-refractivity contribution in [2.24, 2.45) is 0 Å². The first-order valence-electron chi connectivity index (χ1n) is 3.36. The molecule has 0 N–H and O–H groups in total. The minimum Gasteiger partial charge on any atom is -0.125 e. The van der Waals surface area contributed by atoms with Crippen molar-refractivity contribution in [2.45, 2.75) is 6.92 Å². The van der Waals surface area contributed by atoms with Crippen molar-refractivity contribution in [2.75, 3.05) is 0 Å². The van der Waals surface area contributed by atoms with Crippen LogP contribution in [0.2, 0.25) is 0 Å². The van der Waals surface area contributed by atoms with Gasteiger partial charge in [-0.2, -0.15) is 0 Å². The van der Waals surface area contributed by atoms with E-state index in [1.165, 1.54) is 5.56 Å². The van der Waals surface area contributed by atoms with Crippen LogP contribution in [0.15, 0.2) is 41.0 Å². The SMILES string of the molecule is C=C=C(C)c1ccc(Br)cc1. The van der Waals surface area contributed by atoms with Crippen molar-refractivity contribution < 1.29 is 0 Å². The Morgan fingerprint density at radius 2 is 1.91 bits per heavy atom. The number of allylic oxidation sites excluding steroid dienone is 1. The van der Waals surface area contributed by atoms with E-state index < -0.39 is 0 Å². The van der Waals surface area contributed by atoms with E-state index >= 15 is 0 Å². The molecule has 0 aliphatic heterocycles. The summed E-state index contributed by atoms with van der Waals surface area (Å²) >= 11 is 3.37. The number of halogens is 1. The molecule has 0 fully saturated rings. The van der Waals surface area contributed by atoms with Gasteiger partial charge in [-0.15, -0.1) is 5.73 Å². The fourth-order valence-corrected chi connectivity index (χ4v) is 1.07. The summed E-state index contributed by atoms with van der Waals surface area (Å²) in [4.78, 5) is 0. The molecule has 0 unspecified atom stereocenters. The van der Waals surface area contributed by atoms with Crippen LogP contribution in [0.25, 0.3) is 5.57 Å². The van der Waals surface area contributed by atoms with E-state index in [0.717, 1.165) is 10.0 Å². The summed E-state index contributed by atoms with van der Waals surface area (Å²) in [6, 6.07) is 8.10. The Morgan fingerprint density at radius 3 is 2.36 bits per heavy atom. The van der Waals surface area contributed by atoms with E-state index in [2.05, 4.69) is 28.2 Å². The molecule has 0 aliphatic carbocycles. The van der Waals surface area contributed by atoms with Crippen molar-refractivity contribution in [3.05, 3.63) is 46.6 Å². The Kier molecular flexibility index (Phi) is 2.70. The van der Waals surface area contributed by atoms with Gasteiger partial charge >= 0.3 is 0 Å². The molecule has 0 bridgehead atoms. The Bertz CT molecular complexity index is 289. The summed E-state index contributed by atoms with van der Waals surface area (Å²) in [5.41, 5.74) is 5.10. The number of rotatable bonds is 1. The molecule has 1 heteroatoms. The molecule has 0 saturated heterocycles. The van der Waals surface area contributed by atoms with E-state index in [-0.39, 0.29) is 0 Å². The highest BCUT2D eigenvalue weighted by molar-refractivity contribution is 9.10. The van der Waals surface area contributed by atoms with Crippen LogP contribution in [0, 0.1) is 0 Å². The summed E-state index contributed by atoms with van der Waals surface area (Å²) in [5, 5.41) is 0. The van der Waals surface area contributed by atoms with Gasteiger partial charge in [-0.05, 0) is 30.2 Å². The third-order valence-electron chi connectivity index (χ3n) is 1.54. The lowest BCUT2D eigenvalue weighted by Crippen LogP contribution is -1.75. The molecule has 0 aliphatic rings. The van der Waals surface area contributed by atoms with Crippen molar-refractivity contribution >= 4 is 21.5 Å². The number of benzene rings is 1. The molecule has 1 aromatic rings. The molecule has 56 valence electrons. The van der Waals surface area contributed by atoms with Gasteiger partial charge in [0.25, 0.3) is 0 Å². The van der Waals surface area contributed by atoms with Crippen molar-refractivity contribution in [1.29, 1.82) is 0 Å². The highest BCUT2D eigenvalue weighted by Gasteiger charge is 1.92. The summed E-state index contributed by atoms with van der Waals surface area (Å²) in [6.07, 6.45) is 0. The molecule has 1 aromatic carbocycles. The van der Waals surface area contributed by atoms with E-state index in [0.29, 0.717) is 0 Å². The lowest BCUT2D eigenvalue weighted by Gasteiger charge is -1.96. The maximum absolute atomic E-state index is 3.59. The second kappa shape index (κ2) is 3.56. The maximum atomic E-state index is 3.59. The van der Waals surface area contributed by atoms with Gasteiger partial charge in [0.15, 0.2) is 0 Å². The van der Waals surface area contributed by atoms with E-state index in [4.69, 9.17) is 0 Å². The van der Waals surface area contributed by atoms with E-state index in [1.54, 1.807) is 0 Å². The van der Waals surface area contributed by atoms with Crippen LogP contribution in [0.3, 0.4) is 0 Å². The topological polar surface area (TPSA) is 0 Å². The molecule has 0 aromatic heterocycles. The lowest BCUT2D eigenvalue weighted by molar-refractivity contribution is 1.55. The third-order valence-corrected chi connectivity index (χ3v) is 2.07. The normalized spacial score (nSPS) is 8.91. The number of hydrogen-bond donors (Lipinski definition) is 0. The Labute approximate surface area is 75.4 Å². The summed E-state index contributed by atoms with van der Waals surface area (Å²) in [7, 11) is 0. The highest BCUT2D eigenvalue weighted by atomic mass is 79.9. The molecule has 1 rings (SSSR count). The van der Waals surface area contributed by atoms with Crippen LogP contribution in [-0.4, -0.2) is 0 Å². The predicted molar refractivity (Wildman–Crippen MR) is 52.4 cm³/mol. The number of hydrogen-bond acceptors (Lipinski definition) is 0. The fourth-order valence-electron chi connectivity index (χ4n) is 0.802. The Balaban J connectivity index is 3.08. The van der Waals surface area contributed by atoms with E-state index in [9.17, 15) is 0 Å². The van der Waals surface area contributed by atoms with Crippen LogP contribution < -0.4 is 0 Å². The average Bonchev–Trinajstić information content (AvgIpc) is 2.05. The Hall–Kier alpha value is -0.780. The van der Waals surface area contributed by atoms with Gasteiger partial charge in [0, 0.05) is 4.47 Å². The van der Waals surface area contributed by atoms with Gasteiger partial charge in [-0.3, -0.25) is 0 Å². The lowest BCUT2D eigenvalue weighted by atomic mass is 10.1. The Morgan fingerprint density at radius 1 is 1.36 bits per heavy atom. The molecule has 0 nitrogen and oxygen atoms in total. The molecular formula is C10H9Br. The zero-order valence-electron chi connectivity index (χ0n) is 6.39. The summed E-state index contributed by atoms with van der Waals surface area (Å²) in [5.74, 6) is 0. The van der Waals surface area contributed by atoms with Gasteiger partial charge in [-0.1, -0.05) is 34.6 Å². The molecule has 0 spiro atoms. The quantitative estimate of drug-likeness (QED) is 0.619. The zero-order chi connectivity index (χ0) is 8.27. The molecule has 0 saturated carbocycles. The minimum atomic E-state index is 1.08. The van der Waals surface area contributed by atoms with Gasteiger partial charge in [0.2, 0.25) is 0 Å². The first-order valence-corrected chi connectivity index (χ1v) is 4.16. The molecule has 0 radical (unpaired) electrons. The van der Waals surface area contributed by atoms with Crippen molar-refractivity contribution in [3.8, 4) is 0 Å². The first-order chi connectivity index (χ1) is 5.24. The second-order valence-corrected chi connectivity index (χ2v) is 3.22. The third kappa shape index (κ3) is 2.07. The monoisotopic (exact) mass is 208 g/mol. The first kappa shape index (κ1) is 8.32. The van der Waals surface area contributed by atoms with Gasteiger partial charge in [-0.25, -0.2) is 0 Å². The average molecular weight is 209 g/mol.